The molecule has 0 bridgehead atoms. The van der Waals surface area contributed by atoms with Crippen molar-refractivity contribution in [2.45, 2.75) is 38.1 Å². The minimum Gasteiger partial charge on any atom is -0.387 e. The lowest BCUT2D eigenvalue weighted by atomic mass is 9.96. The van der Waals surface area contributed by atoms with Gasteiger partial charge in [-0.2, -0.15) is 10.1 Å². The average molecular weight is 467 g/mol. The molecule has 0 aromatic carbocycles. The van der Waals surface area contributed by atoms with Crippen LogP contribution >= 0.6 is 0 Å². The predicted molar refractivity (Wildman–Crippen MR) is 142 cm³/mol. The van der Waals surface area contributed by atoms with Gasteiger partial charge < -0.3 is 15.6 Å². The van der Waals surface area contributed by atoms with Crippen LogP contribution < -0.4 is 10.6 Å². The zero-order valence-electron chi connectivity index (χ0n) is 19.9. The van der Waals surface area contributed by atoms with Crippen molar-refractivity contribution in [2.24, 2.45) is 0 Å². The SMILES string of the molecule is C=Cc1cnn2ccc(-c3c[nH]c4nc(NC5CCCCC5)ncc34)cc12.CNc1cccnc1. The Morgan fingerprint density at radius 1 is 1.14 bits per heavy atom. The molecular formula is C27H30N8. The number of anilines is 2. The first-order valence-corrected chi connectivity index (χ1v) is 12.0. The van der Waals surface area contributed by atoms with Crippen LogP contribution in [-0.4, -0.2) is 42.6 Å². The van der Waals surface area contributed by atoms with Crippen LogP contribution in [0.4, 0.5) is 11.6 Å². The Bertz CT molecular complexity index is 1410. The van der Waals surface area contributed by atoms with Crippen LogP contribution in [-0.2, 0) is 0 Å². The van der Waals surface area contributed by atoms with Gasteiger partial charge in [0, 0.05) is 60.6 Å². The number of H-pyrrole nitrogens is 1. The smallest absolute Gasteiger partial charge is 0.224 e. The first-order chi connectivity index (χ1) is 17.2. The van der Waals surface area contributed by atoms with E-state index < -0.39 is 0 Å². The third kappa shape index (κ3) is 5.01. The molecule has 1 aliphatic rings. The Kier molecular flexibility index (Phi) is 6.70. The molecule has 0 radical (unpaired) electrons. The number of pyridine rings is 2. The molecule has 178 valence electrons. The molecule has 0 atom stereocenters. The highest BCUT2D eigenvalue weighted by molar-refractivity contribution is 5.94. The van der Waals surface area contributed by atoms with Crippen molar-refractivity contribution in [3.05, 3.63) is 73.6 Å². The number of fused-ring (bicyclic) bond motifs is 2. The van der Waals surface area contributed by atoms with Crippen molar-refractivity contribution >= 4 is 34.3 Å². The first-order valence-electron chi connectivity index (χ1n) is 12.0. The molecule has 6 rings (SSSR count). The molecule has 1 saturated carbocycles. The lowest BCUT2D eigenvalue weighted by Gasteiger charge is -2.22. The summed E-state index contributed by atoms with van der Waals surface area (Å²) < 4.78 is 1.86. The highest BCUT2D eigenvalue weighted by Gasteiger charge is 2.15. The van der Waals surface area contributed by atoms with Gasteiger partial charge in [-0.1, -0.05) is 31.9 Å². The number of aromatic amines is 1. The van der Waals surface area contributed by atoms with E-state index in [2.05, 4.69) is 49.4 Å². The summed E-state index contributed by atoms with van der Waals surface area (Å²) in [7, 11) is 1.87. The van der Waals surface area contributed by atoms with Crippen LogP contribution in [0.1, 0.15) is 37.7 Å². The zero-order chi connectivity index (χ0) is 24.0. The summed E-state index contributed by atoms with van der Waals surface area (Å²) in [6.07, 6.45) is 19.4. The number of hydrogen-bond acceptors (Lipinski definition) is 6. The largest absolute Gasteiger partial charge is 0.387 e. The maximum absolute atomic E-state index is 4.69. The second kappa shape index (κ2) is 10.4. The van der Waals surface area contributed by atoms with E-state index in [-0.39, 0.29) is 0 Å². The fraction of sp³-hybridized carbons (Fsp3) is 0.259. The zero-order valence-corrected chi connectivity index (χ0v) is 19.9. The molecule has 5 aromatic heterocycles. The first kappa shape index (κ1) is 22.6. The number of rotatable bonds is 5. The molecule has 5 aromatic rings. The van der Waals surface area contributed by atoms with Crippen molar-refractivity contribution in [1.82, 2.24) is 29.5 Å². The van der Waals surface area contributed by atoms with E-state index in [9.17, 15) is 0 Å². The van der Waals surface area contributed by atoms with Crippen molar-refractivity contribution in [2.75, 3.05) is 17.7 Å². The third-order valence-electron chi connectivity index (χ3n) is 6.40. The lowest BCUT2D eigenvalue weighted by molar-refractivity contribution is 0.461. The van der Waals surface area contributed by atoms with E-state index in [4.69, 9.17) is 4.98 Å². The molecule has 8 nitrogen and oxygen atoms in total. The minimum atomic E-state index is 0.493. The molecule has 1 fully saturated rings. The predicted octanol–water partition coefficient (Wildman–Crippen LogP) is 5.78. The molecule has 3 N–H and O–H groups in total. The van der Waals surface area contributed by atoms with E-state index in [1.54, 1.807) is 12.4 Å². The summed E-state index contributed by atoms with van der Waals surface area (Å²) in [4.78, 5) is 16.5. The van der Waals surface area contributed by atoms with Crippen molar-refractivity contribution in [1.29, 1.82) is 0 Å². The van der Waals surface area contributed by atoms with Gasteiger partial charge in [0.1, 0.15) is 5.65 Å². The summed E-state index contributed by atoms with van der Waals surface area (Å²) in [5.41, 5.74) is 6.16. The number of aromatic nitrogens is 6. The molecular weight excluding hydrogens is 436 g/mol. The van der Waals surface area contributed by atoms with Crippen LogP contribution in [0, 0.1) is 0 Å². The molecule has 0 spiro atoms. The molecule has 0 saturated heterocycles. The fourth-order valence-corrected chi connectivity index (χ4v) is 4.48. The van der Waals surface area contributed by atoms with Crippen LogP contribution in [0.2, 0.25) is 0 Å². The Morgan fingerprint density at radius 3 is 2.77 bits per heavy atom. The van der Waals surface area contributed by atoms with Crippen LogP contribution in [0.5, 0.6) is 0 Å². The Morgan fingerprint density at radius 2 is 2.03 bits per heavy atom. The van der Waals surface area contributed by atoms with Crippen molar-refractivity contribution in [3.8, 4) is 11.1 Å². The average Bonchev–Trinajstić information content (AvgIpc) is 3.53. The summed E-state index contributed by atoms with van der Waals surface area (Å²) >= 11 is 0. The van der Waals surface area contributed by atoms with E-state index in [0.29, 0.717) is 12.0 Å². The quantitative estimate of drug-likeness (QED) is 0.304. The summed E-state index contributed by atoms with van der Waals surface area (Å²) in [6.45, 7) is 3.87. The van der Waals surface area contributed by atoms with E-state index in [0.717, 1.165) is 38.9 Å². The molecule has 0 amide bonds. The Hall–Kier alpha value is -4.20. The van der Waals surface area contributed by atoms with Gasteiger partial charge in [-0.05, 0) is 42.7 Å². The summed E-state index contributed by atoms with van der Waals surface area (Å²) in [5.74, 6) is 0.711. The minimum absolute atomic E-state index is 0.493. The van der Waals surface area contributed by atoms with Crippen LogP contribution in [0.15, 0.2) is 68.0 Å². The molecule has 1 aliphatic carbocycles. The molecule has 5 heterocycles. The topological polar surface area (TPSA) is 95.8 Å². The highest BCUT2D eigenvalue weighted by atomic mass is 15.2. The van der Waals surface area contributed by atoms with Gasteiger partial charge in [0.05, 0.1) is 17.4 Å². The maximum atomic E-state index is 4.69. The van der Waals surface area contributed by atoms with Gasteiger partial charge in [-0.15, -0.1) is 0 Å². The standard InChI is InChI=1S/C21H22N6.C6H8N2/c1-2-14-11-24-27-9-8-15(10-19(14)27)17-12-22-20-18(17)13-23-21(26-20)25-16-6-4-3-5-7-16;1-7-6-3-2-4-8-5-6/h2,8-13,16H,1,3-7H2,(H2,22,23,25,26);2-5,7H,1H3. The van der Waals surface area contributed by atoms with Crippen molar-refractivity contribution in [3.63, 3.8) is 0 Å². The van der Waals surface area contributed by atoms with Gasteiger partial charge in [0.25, 0.3) is 0 Å². The fourth-order valence-electron chi connectivity index (χ4n) is 4.48. The van der Waals surface area contributed by atoms with E-state index >= 15 is 0 Å². The summed E-state index contributed by atoms with van der Waals surface area (Å²) in [5, 5.41) is 11.8. The third-order valence-corrected chi connectivity index (χ3v) is 6.40. The normalized spacial score (nSPS) is 13.9. The molecule has 0 unspecified atom stereocenters. The highest BCUT2D eigenvalue weighted by Crippen LogP contribution is 2.30. The van der Waals surface area contributed by atoms with E-state index in [1.165, 1.54) is 32.1 Å². The van der Waals surface area contributed by atoms with Gasteiger partial charge in [0.2, 0.25) is 5.95 Å². The number of nitrogens with zero attached hydrogens (tertiary/aromatic N) is 5. The lowest BCUT2D eigenvalue weighted by Crippen LogP contribution is -2.23. The Labute approximate surface area is 204 Å². The summed E-state index contributed by atoms with van der Waals surface area (Å²) in [6, 6.07) is 8.54. The second-order valence-corrected chi connectivity index (χ2v) is 8.68. The molecule has 8 heteroatoms. The van der Waals surface area contributed by atoms with Gasteiger partial charge in [-0.3, -0.25) is 4.98 Å². The monoisotopic (exact) mass is 466 g/mol. The van der Waals surface area contributed by atoms with Crippen molar-refractivity contribution < 1.29 is 0 Å². The van der Waals surface area contributed by atoms with Gasteiger partial charge in [0.15, 0.2) is 0 Å². The Balaban J connectivity index is 0.000000271. The second-order valence-electron chi connectivity index (χ2n) is 8.68. The van der Waals surface area contributed by atoms with Crippen LogP contribution in [0.25, 0.3) is 33.8 Å². The number of nitrogens with one attached hydrogen (secondary N) is 3. The maximum Gasteiger partial charge on any atom is 0.224 e. The number of hydrogen-bond donors (Lipinski definition) is 3. The van der Waals surface area contributed by atoms with E-state index in [1.807, 2.05) is 54.6 Å². The van der Waals surface area contributed by atoms with Crippen LogP contribution in [0.3, 0.4) is 0 Å². The molecule has 0 aliphatic heterocycles. The molecule has 35 heavy (non-hydrogen) atoms. The van der Waals surface area contributed by atoms with Gasteiger partial charge >= 0.3 is 0 Å². The van der Waals surface area contributed by atoms with Gasteiger partial charge in [-0.25, -0.2) is 9.50 Å².